The molecule has 0 saturated heterocycles. The van der Waals surface area contributed by atoms with Crippen LogP contribution in [0.15, 0.2) is 71.7 Å². The molecule has 0 bridgehead atoms. The molecule has 2 aromatic carbocycles. The van der Waals surface area contributed by atoms with Crippen molar-refractivity contribution < 1.29 is 14.3 Å². The second kappa shape index (κ2) is 10.6. The summed E-state index contributed by atoms with van der Waals surface area (Å²) in [7, 11) is 0. The highest BCUT2D eigenvalue weighted by atomic mass is 32.1. The summed E-state index contributed by atoms with van der Waals surface area (Å²) in [4.78, 5) is 26.5. The van der Waals surface area contributed by atoms with Crippen LogP contribution >= 0.6 is 11.3 Å². The number of carbonyl (C=O) groups is 2. The minimum absolute atomic E-state index is 0.191. The summed E-state index contributed by atoms with van der Waals surface area (Å²) in [6.07, 6.45) is 1.68. The van der Waals surface area contributed by atoms with Gasteiger partial charge in [-0.25, -0.2) is 0 Å². The number of benzene rings is 2. The Hall–Kier alpha value is -3.38. The molecular weight excluding hydrogens is 408 g/mol. The molecular formula is C25H26N2O3S. The van der Waals surface area contributed by atoms with Crippen molar-refractivity contribution >= 4 is 29.2 Å². The molecule has 2 amide bonds. The maximum atomic E-state index is 12.9. The number of rotatable bonds is 8. The van der Waals surface area contributed by atoms with E-state index in [9.17, 15) is 9.59 Å². The number of thiophene rings is 1. The molecule has 5 nitrogen and oxygen atoms in total. The van der Waals surface area contributed by atoms with Gasteiger partial charge in [-0.3, -0.25) is 9.59 Å². The third kappa shape index (κ3) is 6.55. The topological polar surface area (TPSA) is 67.4 Å². The third-order valence-electron chi connectivity index (χ3n) is 4.56. The molecule has 0 aliphatic carbocycles. The molecule has 1 atom stereocenters. The van der Waals surface area contributed by atoms with E-state index < -0.39 is 0 Å². The van der Waals surface area contributed by atoms with E-state index in [1.165, 1.54) is 11.3 Å². The minimum atomic E-state index is -0.365. The first kappa shape index (κ1) is 22.3. The van der Waals surface area contributed by atoms with Crippen molar-refractivity contribution in [2.75, 3.05) is 6.61 Å². The van der Waals surface area contributed by atoms with Gasteiger partial charge >= 0.3 is 0 Å². The monoisotopic (exact) mass is 434 g/mol. The molecule has 6 heteroatoms. The van der Waals surface area contributed by atoms with E-state index in [1.54, 1.807) is 18.2 Å². The Morgan fingerprint density at radius 3 is 2.58 bits per heavy atom. The van der Waals surface area contributed by atoms with Gasteiger partial charge in [0, 0.05) is 10.4 Å². The SMILES string of the molecule is Cc1cccc(C(=O)N/C(=C\c2cccs2)C(=O)N[C@@H](C)COc2ccccc2C)c1. The van der Waals surface area contributed by atoms with Gasteiger partial charge in [0.15, 0.2) is 0 Å². The lowest BCUT2D eigenvalue weighted by molar-refractivity contribution is -0.118. The fraction of sp³-hybridized carbons (Fsp3) is 0.200. The zero-order valence-electron chi connectivity index (χ0n) is 17.8. The highest BCUT2D eigenvalue weighted by molar-refractivity contribution is 7.10. The van der Waals surface area contributed by atoms with Crippen LogP contribution in [0.25, 0.3) is 6.08 Å². The summed E-state index contributed by atoms with van der Waals surface area (Å²) in [5, 5.41) is 7.59. The van der Waals surface area contributed by atoms with Crippen LogP contribution < -0.4 is 15.4 Å². The number of aryl methyl sites for hydroxylation is 2. The van der Waals surface area contributed by atoms with E-state index in [0.717, 1.165) is 21.8 Å². The molecule has 0 spiro atoms. The largest absolute Gasteiger partial charge is 0.491 e. The Balaban J connectivity index is 1.69. The molecule has 0 fully saturated rings. The molecule has 31 heavy (non-hydrogen) atoms. The summed E-state index contributed by atoms with van der Waals surface area (Å²) in [6, 6.07) is 18.5. The fourth-order valence-corrected chi connectivity index (χ4v) is 3.59. The minimum Gasteiger partial charge on any atom is -0.491 e. The Kier molecular flexibility index (Phi) is 7.62. The predicted molar refractivity (Wildman–Crippen MR) is 125 cm³/mol. The number of ether oxygens (including phenoxy) is 1. The van der Waals surface area contributed by atoms with Crippen molar-refractivity contribution in [3.8, 4) is 5.75 Å². The summed E-state index contributed by atoms with van der Waals surface area (Å²) < 4.78 is 5.83. The van der Waals surface area contributed by atoms with Crippen LogP contribution in [0.2, 0.25) is 0 Å². The standard InChI is InChI=1S/C25H26N2O3S/c1-17-8-6-10-20(14-17)24(28)27-22(15-21-11-7-13-31-21)25(29)26-19(3)16-30-23-12-5-4-9-18(23)2/h4-15,19H,16H2,1-3H3,(H,26,29)(H,27,28)/b22-15-/t19-/m0/s1. The first-order valence-corrected chi connectivity index (χ1v) is 10.9. The van der Waals surface area contributed by atoms with E-state index >= 15 is 0 Å². The summed E-state index contributed by atoms with van der Waals surface area (Å²) >= 11 is 1.49. The number of hydrogen-bond donors (Lipinski definition) is 2. The Labute approximate surface area is 186 Å². The fourth-order valence-electron chi connectivity index (χ4n) is 2.93. The van der Waals surface area contributed by atoms with Gasteiger partial charge in [0.25, 0.3) is 11.8 Å². The maximum Gasteiger partial charge on any atom is 0.268 e. The zero-order chi connectivity index (χ0) is 22.2. The van der Waals surface area contributed by atoms with Gasteiger partial charge in [0.05, 0.1) is 6.04 Å². The van der Waals surface area contributed by atoms with Crippen molar-refractivity contribution in [3.05, 3.63) is 93.3 Å². The lowest BCUT2D eigenvalue weighted by Gasteiger charge is -2.17. The number of carbonyl (C=O) groups excluding carboxylic acids is 2. The summed E-state index contributed by atoms with van der Waals surface area (Å²) in [6.45, 7) is 6.07. The first-order chi connectivity index (χ1) is 14.9. The van der Waals surface area contributed by atoms with Gasteiger partial charge in [0.1, 0.15) is 18.1 Å². The Bertz CT molecular complexity index is 1070. The molecule has 0 unspecified atom stereocenters. The van der Waals surface area contributed by atoms with Crippen LogP contribution in [0, 0.1) is 13.8 Å². The summed E-state index contributed by atoms with van der Waals surface area (Å²) in [5.41, 5.74) is 2.70. The van der Waals surface area contributed by atoms with E-state index in [1.807, 2.05) is 74.7 Å². The quantitative estimate of drug-likeness (QED) is 0.504. The van der Waals surface area contributed by atoms with Crippen molar-refractivity contribution in [1.29, 1.82) is 0 Å². The van der Waals surface area contributed by atoms with Gasteiger partial charge in [-0.05, 0) is 62.1 Å². The third-order valence-corrected chi connectivity index (χ3v) is 5.38. The first-order valence-electron chi connectivity index (χ1n) is 10.0. The van der Waals surface area contributed by atoms with Crippen molar-refractivity contribution in [1.82, 2.24) is 10.6 Å². The van der Waals surface area contributed by atoms with Crippen molar-refractivity contribution in [2.24, 2.45) is 0 Å². The number of nitrogens with one attached hydrogen (secondary N) is 2. The zero-order valence-corrected chi connectivity index (χ0v) is 18.7. The van der Waals surface area contributed by atoms with Crippen LogP contribution in [0.1, 0.15) is 33.3 Å². The molecule has 3 aromatic rings. The highest BCUT2D eigenvalue weighted by Gasteiger charge is 2.17. The molecule has 0 saturated carbocycles. The second-order valence-corrected chi connectivity index (χ2v) is 8.33. The Morgan fingerprint density at radius 2 is 1.87 bits per heavy atom. The van der Waals surface area contributed by atoms with E-state index in [4.69, 9.17) is 4.74 Å². The second-order valence-electron chi connectivity index (χ2n) is 7.35. The molecule has 0 radical (unpaired) electrons. The summed E-state index contributed by atoms with van der Waals surface area (Å²) in [5.74, 6) is 0.0893. The van der Waals surface area contributed by atoms with E-state index in [-0.39, 0.29) is 23.6 Å². The van der Waals surface area contributed by atoms with Gasteiger partial charge < -0.3 is 15.4 Å². The molecule has 3 rings (SSSR count). The lowest BCUT2D eigenvalue weighted by Crippen LogP contribution is -2.41. The van der Waals surface area contributed by atoms with Crippen molar-refractivity contribution in [2.45, 2.75) is 26.8 Å². The van der Waals surface area contributed by atoms with Crippen molar-refractivity contribution in [3.63, 3.8) is 0 Å². The van der Waals surface area contributed by atoms with Crippen LogP contribution in [0.4, 0.5) is 0 Å². The molecule has 1 aromatic heterocycles. The molecule has 0 aliphatic heterocycles. The molecule has 160 valence electrons. The average Bonchev–Trinajstić information content (AvgIpc) is 3.26. The molecule has 0 aliphatic rings. The van der Waals surface area contributed by atoms with Crippen LogP contribution in [0.3, 0.4) is 0 Å². The van der Waals surface area contributed by atoms with Crippen LogP contribution in [0.5, 0.6) is 5.75 Å². The van der Waals surface area contributed by atoms with Gasteiger partial charge in [-0.1, -0.05) is 42.0 Å². The highest BCUT2D eigenvalue weighted by Crippen LogP contribution is 2.17. The van der Waals surface area contributed by atoms with Gasteiger partial charge in [0.2, 0.25) is 0 Å². The predicted octanol–water partition coefficient (Wildman–Crippen LogP) is 4.72. The van der Waals surface area contributed by atoms with E-state index in [2.05, 4.69) is 10.6 Å². The van der Waals surface area contributed by atoms with Gasteiger partial charge in [-0.15, -0.1) is 11.3 Å². The normalized spacial score (nSPS) is 12.2. The lowest BCUT2D eigenvalue weighted by atomic mass is 10.1. The van der Waals surface area contributed by atoms with Crippen LogP contribution in [-0.2, 0) is 4.79 Å². The van der Waals surface area contributed by atoms with E-state index in [0.29, 0.717) is 12.2 Å². The molecule has 1 heterocycles. The van der Waals surface area contributed by atoms with Crippen LogP contribution in [-0.4, -0.2) is 24.5 Å². The molecule has 2 N–H and O–H groups in total. The maximum absolute atomic E-state index is 12.9. The number of hydrogen-bond acceptors (Lipinski definition) is 4. The number of amides is 2. The Morgan fingerprint density at radius 1 is 1.06 bits per heavy atom. The number of para-hydroxylation sites is 1. The smallest absolute Gasteiger partial charge is 0.268 e. The average molecular weight is 435 g/mol. The van der Waals surface area contributed by atoms with Gasteiger partial charge in [-0.2, -0.15) is 0 Å².